The van der Waals surface area contributed by atoms with Gasteiger partial charge in [0.1, 0.15) is 5.75 Å². The normalized spacial score (nSPS) is 10.7. The summed E-state index contributed by atoms with van der Waals surface area (Å²) in [5, 5.41) is 4.89. The minimum absolute atomic E-state index is 0.0592. The topological polar surface area (TPSA) is 70.7 Å². The minimum atomic E-state index is -1.66. The van der Waals surface area contributed by atoms with Crippen molar-refractivity contribution < 1.29 is 27.5 Å². The number of hydrogen-bond acceptors (Lipinski definition) is 4. The zero-order valence-corrected chi connectivity index (χ0v) is 16.1. The number of nitrogens with one attached hydrogen (secondary N) is 2. The van der Waals surface area contributed by atoms with E-state index in [-0.39, 0.29) is 19.0 Å². The first-order valence-electron chi connectivity index (χ1n) is 8.81. The quantitative estimate of drug-likeness (QED) is 0.624. The van der Waals surface area contributed by atoms with Crippen molar-refractivity contribution in [3.63, 3.8) is 0 Å². The lowest BCUT2D eigenvalue weighted by Crippen LogP contribution is -2.39. The van der Waals surface area contributed by atoms with Gasteiger partial charge < -0.3 is 15.4 Å². The van der Waals surface area contributed by atoms with Gasteiger partial charge >= 0.3 is 0 Å². The average Bonchev–Trinajstić information content (AvgIpc) is 2.68. The number of methoxy groups -OCH3 is 1. The Balaban J connectivity index is 1.73. The maximum absolute atomic E-state index is 13.6. The molecule has 0 aliphatic heterocycles. The zero-order valence-electron chi connectivity index (χ0n) is 16.1. The van der Waals surface area contributed by atoms with E-state index >= 15 is 0 Å². The molecule has 0 aliphatic carbocycles. The predicted molar refractivity (Wildman–Crippen MR) is 102 cm³/mol. The summed E-state index contributed by atoms with van der Waals surface area (Å²) in [6, 6.07) is 9.11. The Morgan fingerprint density at radius 2 is 1.62 bits per heavy atom. The van der Waals surface area contributed by atoms with E-state index < -0.39 is 29.0 Å². The number of ether oxygens (including phenoxy) is 1. The smallest absolute Gasteiger partial charge is 0.238 e. The second-order valence-electron chi connectivity index (χ2n) is 6.39. The van der Waals surface area contributed by atoms with Gasteiger partial charge in [0.05, 0.1) is 25.9 Å². The molecule has 0 saturated heterocycles. The Kier molecular flexibility index (Phi) is 8.02. The van der Waals surface area contributed by atoms with Gasteiger partial charge in [0, 0.05) is 6.54 Å². The lowest BCUT2D eigenvalue weighted by molar-refractivity contribution is -0.122. The van der Waals surface area contributed by atoms with Crippen LogP contribution in [0.1, 0.15) is 5.56 Å². The summed E-state index contributed by atoms with van der Waals surface area (Å²) in [5.74, 6) is -4.68. The van der Waals surface area contributed by atoms with Gasteiger partial charge in [0.15, 0.2) is 17.5 Å². The Bertz CT molecular complexity index is 860. The molecule has 6 nitrogen and oxygen atoms in total. The maximum Gasteiger partial charge on any atom is 0.238 e. The molecular formula is C20H22F3N3O3. The Hall–Kier alpha value is -3.07. The zero-order chi connectivity index (χ0) is 21.4. The van der Waals surface area contributed by atoms with E-state index in [2.05, 4.69) is 10.6 Å². The molecule has 2 N–H and O–H groups in total. The molecule has 0 aromatic heterocycles. The van der Waals surface area contributed by atoms with Crippen molar-refractivity contribution in [1.29, 1.82) is 0 Å². The molecule has 0 radical (unpaired) electrons. The molecule has 0 aliphatic rings. The molecule has 29 heavy (non-hydrogen) atoms. The second-order valence-corrected chi connectivity index (χ2v) is 6.39. The molecule has 2 amide bonds. The molecule has 0 fully saturated rings. The molecule has 0 atom stereocenters. The summed E-state index contributed by atoms with van der Waals surface area (Å²) in [6.45, 7) is 0.131. The van der Waals surface area contributed by atoms with Crippen LogP contribution in [0.25, 0.3) is 0 Å². The third-order valence-corrected chi connectivity index (χ3v) is 4.03. The molecule has 0 bridgehead atoms. The van der Waals surface area contributed by atoms with Crippen LogP contribution in [0, 0.1) is 17.5 Å². The molecule has 2 aromatic rings. The van der Waals surface area contributed by atoms with E-state index in [1.807, 2.05) is 24.3 Å². The molecule has 2 rings (SSSR count). The van der Waals surface area contributed by atoms with Crippen LogP contribution >= 0.6 is 0 Å². The number of benzene rings is 2. The van der Waals surface area contributed by atoms with Crippen LogP contribution in [-0.2, 0) is 16.0 Å². The molecular weight excluding hydrogens is 387 g/mol. The lowest BCUT2D eigenvalue weighted by Gasteiger charge is -2.16. The van der Waals surface area contributed by atoms with Gasteiger partial charge in [-0.2, -0.15) is 0 Å². The predicted octanol–water partition coefficient (Wildman–Crippen LogP) is 2.34. The molecule has 2 aromatic carbocycles. The van der Waals surface area contributed by atoms with Crippen LogP contribution in [0.4, 0.5) is 18.9 Å². The van der Waals surface area contributed by atoms with E-state index in [9.17, 15) is 22.8 Å². The Morgan fingerprint density at radius 1 is 0.966 bits per heavy atom. The monoisotopic (exact) mass is 409 g/mol. The molecule has 9 heteroatoms. The van der Waals surface area contributed by atoms with Crippen LogP contribution in [0.2, 0.25) is 0 Å². The highest BCUT2D eigenvalue weighted by Crippen LogP contribution is 2.19. The number of amides is 2. The number of carbonyl (C=O) groups excluding carboxylic acids is 2. The van der Waals surface area contributed by atoms with Crippen molar-refractivity contribution >= 4 is 17.5 Å². The van der Waals surface area contributed by atoms with E-state index in [1.54, 1.807) is 7.11 Å². The third-order valence-electron chi connectivity index (χ3n) is 4.03. The highest BCUT2D eigenvalue weighted by Gasteiger charge is 2.16. The molecule has 0 spiro atoms. The fourth-order valence-corrected chi connectivity index (χ4v) is 2.55. The Morgan fingerprint density at radius 3 is 2.28 bits per heavy atom. The van der Waals surface area contributed by atoms with Crippen molar-refractivity contribution in [1.82, 2.24) is 10.2 Å². The summed E-state index contributed by atoms with van der Waals surface area (Å²) in [5.41, 5.74) is 0.568. The molecule has 0 saturated carbocycles. The maximum atomic E-state index is 13.6. The van der Waals surface area contributed by atoms with Crippen molar-refractivity contribution in [3.8, 4) is 5.75 Å². The summed E-state index contributed by atoms with van der Waals surface area (Å²) in [4.78, 5) is 25.3. The number of hydrogen-bond donors (Lipinski definition) is 2. The van der Waals surface area contributed by atoms with Crippen molar-refractivity contribution in [3.05, 3.63) is 59.4 Å². The molecule has 0 unspecified atom stereocenters. The van der Waals surface area contributed by atoms with Gasteiger partial charge in [-0.1, -0.05) is 12.1 Å². The second kappa shape index (κ2) is 10.5. The number of carbonyl (C=O) groups is 2. The first-order valence-corrected chi connectivity index (χ1v) is 8.81. The summed E-state index contributed by atoms with van der Waals surface area (Å²) in [7, 11) is 3.12. The van der Waals surface area contributed by atoms with E-state index in [0.29, 0.717) is 19.0 Å². The fourth-order valence-electron chi connectivity index (χ4n) is 2.55. The van der Waals surface area contributed by atoms with Crippen LogP contribution < -0.4 is 15.4 Å². The summed E-state index contributed by atoms with van der Waals surface area (Å²) in [6.07, 6.45) is 0.634. The highest BCUT2D eigenvalue weighted by molar-refractivity contribution is 5.92. The Labute approximate surface area is 166 Å². The van der Waals surface area contributed by atoms with E-state index in [1.165, 1.54) is 11.9 Å². The standard InChI is InChI=1S/C20H22F3N3O3/c1-26(12-18(28)25-16-8-7-15(21)19(22)20(16)23)11-17(27)24-10-9-13-3-5-14(29-2)6-4-13/h3-8H,9-12H2,1-2H3,(H,24,27)(H,25,28). The molecule has 0 heterocycles. The van der Waals surface area contributed by atoms with Gasteiger partial charge in [-0.25, -0.2) is 13.2 Å². The number of nitrogens with zero attached hydrogens (tertiary/aromatic N) is 1. The van der Waals surface area contributed by atoms with E-state index in [4.69, 9.17) is 4.74 Å². The summed E-state index contributed by atoms with van der Waals surface area (Å²) >= 11 is 0. The van der Waals surface area contributed by atoms with Crippen LogP contribution in [0.15, 0.2) is 36.4 Å². The summed E-state index contributed by atoms with van der Waals surface area (Å²) < 4.78 is 44.7. The van der Waals surface area contributed by atoms with Gasteiger partial charge in [-0.3, -0.25) is 14.5 Å². The number of anilines is 1. The number of rotatable bonds is 9. The lowest BCUT2D eigenvalue weighted by atomic mass is 10.1. The van der Waals surface area contributed by atoms with Crippen LogP contribution in [-0.4, -0.2) is 50.5 Å². The van der Waals surface area contributed by atoms with Gasteiger partial charge in [-0.15, -0.1) is 0 Å². The number of likely N-dealkylation sites (N-methyl/N-ethyl adjacent to an activating group) is 1. The third kappa shape index (κ3) is 6.79. The molecule has 156 valence electrons. The minimum Gasteiger partial charge on any atom is -0.497 e. The van der Waals surface area contributed by atoms with Gasteiger partial charge in [0.2, 0.25) is 11.8 Å². The van der Waals surface area contributed by atoms with Crippen LogP contribution in [0.3, 0.4) is 0 Å². The van der Waals surface area contributed by atoms with Crippen molar-refractivity contribution in [2.24, 2.45) is 0 Å². The van der Waals surface area contributed by atoms with Crippen molar-refractivity contribution in [2.75, 3.05) is 39.1 Å². The average molecular weight is 409 g/mol. The largest absolute Gasteiger partial charge is 0.497 e. The fraction of sp³-hybridized carbons (Fsp3) is 0.300. The first-order chi connectivity index (χ1) is 13.8. The SMILES string of the molecule is COc1ccc(CCNC(=O)CN(C)CC(=O)Nc2ccc(F)c(F)c2F)cc1. The number of halogens is 3. The highest BCUT2D eigenvalue weighted by atomic mass is 19.2. The van der Waals surface area contributed by atoms with Gasteiger partial charge in [-0.05, 0) is 43.3 Å². The van der Waals surface area contributed by atoms with Gasteiger partial charge in [0.25, 0.3) is 0 Å². The van der Waals surface area contributed by atoms with Crippen LogP contribution in [0.5, 0.6) is 5.75 Å². The van der Waals surface area contributed by atoms with Crippen molar-refractivity contribution in [2.45, 2.75) is 6.42 Å². The first kappa shape index (κ1) is 22.2. The van der Waals surface area contributed by atoms with E-state index in [0.717, 1.165) is 17.4 Å².